The summed E-state index contributed by atoms with van der Waals surface area (Å²) in [4.78, 5) is 29.5. The van der Waals surface area contributed by atoms with Crippen molar-refractivity contribution in [1.29, 1.82) is 0 Å². The van der Waals surface area contributed by atoms with E-state index in [1.807, 2.05) is 103 Å². The van der Waals surface area contributed by atoms with Crippen LogP contribution in [-0.2, 0) is 9.59 Å². The van der Waals surface area contributed by atoms with E-state index < -0.39 is 11.8 Å². The molecule has 0 radical (unpaired) electrons. The summed E-state index contributed by atoms with van der Waals surface area (Å²) in [6.45, 7) is 0. The molecule has 2 amide bonds. The number of benzene rings is 4. The van der Waals surface area contributed by atoms with Gasteiger partial charge >= 0.3 is 0 Å². The number of rotatable bonds is 3. The Morgan fingerprint density at radius 2 is 1.08 bits per heavy atom. The number of carbonyl (C=O) groups excluding carboxylic acids is 2. The second kappa shape index (κ2) is 8.06. The van der Waals surface area contributed by atoms with Crippen LogP contribution in [0.5, 0.6) is 0 Å². The molecule has 5 aromatic rings. The normalized spacial score (nSPS) is 23.5. The number of allylic oxidation sites excluding steroid dienone is 2. The minimum absolute atomic E-state index is 0.153. The zero-order chi connectivity index (χ0) is 24.2. The minimum atomic E-state index is -0.471. The van der Waals surface area contributed by atoms with Gasteiger partial charge in [0.1, 0.15) is 11.2 Å². The predicted octanol–water partition coefficient (Wildman–Crippen LogP) is 6.83. The molecule has 4 aromatic carbocycles. The summed E-state index contributed by atoms with van der Waals surface area (Å²) in [5.41, 5.74) is 4.11. The molecule has 1 fully saturated rings. The molecule has 1 aliphatic heterocycles. The predicted molar refractivity (Wildman–Crippen MR) is 141 cm³/mol. The van der Waals surface area contributed by atoms with Gasteiger partial charge in [0, 0.05) is 28.7 Å². The molecule has 0 saturated carbocycles. The topological polar surface area (TPSA) is 50.5 Å². The van der Waals surface area contributed by atoms with Crippen molar-refractivity contribution >= 4 is 39.4 Å². The highest BCUT2D eigenvalue weighted by Crippen LogP contribution is 2.50. The lowest BCUT2D eigenvalue weighted by atomic mass is 9.68. The number of anilines is 1. The van der Waals surface area contributed by atoms with Gasteiger partial charge in [0.25, 0.3) is 0 Å². The third kappa shape index (κ3) is 3.07. The van der Waals surface area contributed by atoms with Crippen molar-refractivity contribution in [3.63, 3.8) is 0 Å². The smallest absolute Gasteiger partial charge is 0.238 e. The van der Waals surface area contributed by atoms with Gasteiger partial charge in [-0.25, -0.2) is 4.90 Å². The van der Waals surface area contributed by atoms with Crippen LogP contribution in [0.1, 0.15) is 23.0 Å². The van der Waals surface area contributed by atoms with E-state index in [4.69, 9.17) is 4.42 Å². The Balaban J connectivity index is 1.36. The standard InChI is InChI=1S/C32H23NO3/c34-31-29-23(20-9-3-1-4-10-20)17-18-24(21-11-5-2-6-12-21)30(29)32(35)33(31)22-15-16-26-25-13-7-8-14-27(25)36-28(26)19-22/h1-19,23-24,29-30H/t23-,24+,29-,30+. The van der Waals surface area contributed by atoms with E-state index in [2.05, 4.69) is 12.2 Å². The Labute approximate surface area is 208 Å². The molecule has 4 heteroatoms. The second-order valence-electron chi connectivity index (χ2n) is 9.60. The molecule has 0 bridgehead atoms. The van der Waals surface area contributed by atoms with Gasteiger partial charge in [0.15, 0.2) is 0 Å². The third-order valence-corrected chi connectivity index (χ3v) is 7.69. The maximum atomic E-state index is 14.1. The first kappa shape index (κ1) is 20.9. The first-order valence-electron chi connectivity index (χ1n) is 12.3. The average molecular weight is 470 g/mol. The summed E-state index contributed by atoms with van der Waals surface area (Å²) in [5, 5.41) is 1.99. The summed E-state index contributed by atoms with van der Waals surface area (Å²) in [7, 11) is 0. The van der Waals surface area contributed by atoms with E-state index >= 15 is 0 Å². The van der Waals surface area contributed by atoms with Crippen LogP contribution >= 0.6 is 0 Å². The Kier molecular flexibility index (Phi) is 4.68. The van der Waals surface area contributed by atoms with Crippen molar-refractivity contribution in [2.24, 2.45) is 11.8 Å². The summed E-state index contributed by atoms with van der Waals surface area (Å²) in [5.74, 6) is -1.57. The van der Waals surface area contributed by atoms with E-state index in [0.717, 1.165) is 27.5 Å². The van der Waals surface area contributed by atoms with Crippen molar-refractivity contribution in [3.05, 3.63) is 126 Å². The number of para-hydroxylation sites is 1. The summed E-state index contributed by atoms with van der Waals surface area (Å²) in [6, 6.07) is 33.5. The zero-order valence-electron chi connectivity index (χ0n) is 19.5. The van der Waals surface area contributed by atoms with Crippen LogP contribution in [0, 0.1) is 11.8 Å². The van der Waals surface area contributed by atoms with Crippen molar-refractivity contribution in [3.8, 4) is 0 Å². The molecule has 2 heterocycles. The van der Waals surface area contributed by atoms with Crippen LogP contribution in [0.25, 0.3) is 21.9 Å². The molecular weight excluding hydrogens is 446 g/mol. The fourth-order valence-electron chi connectivity index (χ4n) is 6.04. The fourth-order valence-corrected chi connectivity index (χ4v) is 6.04. The number of carbonyl (C=O) groups is 2. The summed E-state index contributed by atoms with van der Waals surface area (Å²) < 4.78 is 6.06. The van der Waals surface area contributed by atoms with Gasteiger partial charge in [0.05, 0.1) is 17.5 Å². The van der Waals surface area contributed by atoms with E-state index in [9.17, 15) is 9.59 Å². The summed E-state index contributed by atoms with van der Waals surface area (Å²) in [6.07, 6.45) is 4.23. The first-order valence-corrected chi connectivity index (χ1v) is 12.3. The van der Waals surface area contributed by atoms with Gasteiger partial charge in [-0.15, -0.1) is 0 Å². The lowest BCUT2D eigenvalue weighted by Gasteiger charge is -2.32. The Morgan fingerprint density at radius 1 is 0.556 bits per heavy atom. The Morgan fingerprint density at radius 3 is 1.69 bits per heavy atom. The van der Waals surface area contributed by atoms with Crippen molar-refractivity contribution in [2.45, 2.75) is 11.8 Å². The maximum Gasteiger partial charge on any atom is 0.238 e. The lowest BCUT2D eigenvalue weighted by molar-refractivity contribution is -0.122. The van der Waals surface area contributed by atoms with E-state index in [0.29, 0.717) is 11.3 Å². The third-order valence-electron chi connectivity index (χ3n) is 7.69. The van der Waals surface area contributed by atoms with Gasteiger partial charge < -0.3 is 4.42 Å². The second-order valence-corrected chi connectivity index (χ2v) is 9.60. The summed E-state index contributed by atoms with van der Waals surface area (Å²) >= 11 is 0. The number of hydrogen-bond acceptors (Lipinski definition) is 3. The van der Waals surface area contributed by atoms with Crippen LogP contribution in [0.3, 0.4) is 0 Å². The highest BCUT2D eigenvalue weighted by molar-refractivity contribution is 6.23. The molecule has 4 atom stereocenters. The number of nitrogens with zero attached hydrogens (tertiary/aromatic N) is 1. The van der Waals surface area contributed by atoms with Crippen molar-refractivity contribution in [1.82, 2.24) is 0 Å². The SMILES string of the molecule is O=C1[C@@H]2[C@H](C(=O)N1c1ccc3c(c1)oc1ccccc13)[C@@H](c1ccccc1)C=C[C@H]2c1ccccc1. The van der Waals surface area contributed by atoms with E-state index in [1.165, 1.54) is 4.90 Å². The fraction of sp³-hybridized carbons (Fsp3) is 0.125. The molecule has 36 heavy (non-hydrogen) atoms. The number of amides is 2. The molecule has 174 valence electrons. The molecule has 2 aliphatic rings. The number of imide groups is 1. The lowest BCUT2D eigenvalue weighted by Crippen LogP contribution is -2.31. The van der Waals surface area contributed by atoms with Crippen LogP contribution < -0.4 is 4.90 Å². The molecule has 0 unspecified atom stereocenters. The Bertz CT molecular complexity index is 1580. The highest BCUT2D eigenvalue weighted by atomic mass is 16.3. The largest absolute Gasteiger partial charge is 0.456 e. The molecule has 1 aliphatic carbocycles. The van der Waals surface area contributed by atoms with E-state index in [1.54, 1.807) is 0 Å². The zero-order valence-corrected chi connectivity index (χ0v) is 19.5. The molecule has 1 saturated heterocycles. The minimum Gasteiger partial charge on any atom is -0.456 e. The van der Waals surface area contributed by atoms with Crippen molar-refractivity contribution < 1.29 is 14.0 Å². The average Bonchev–Trinajstić information content (AvgIpc) is 3.43. The van der Waals surface area contributed by atoms with Gasteiger partial charge in [-0.1, -0.05) is 91.0 Å². The number of fused-ring (bicyclic) bond motifs is 4. The quantitative estimate of drug-likeness (QED) is 0.215. The first-order chi connectivity index (χ1) is 17.7. The van der Waals surface area contributed by atoms with Crippen LogP contribution in [0.15, 0.2) is 120 Å². The van der Waals surface area contributed by atoms with Crippen molar-refractivity contribution in [2.75, 3.05) is 4.90 Å². The maximum absolute atomic E-state index is 14.1. The molecule has 7 rings (SSSR count). The van der Waals surface area contributed by atoms with Gasteiger partial charge in [-0.05, 0) is 29.3 Å². The Hall–Kier alpha value is -4.44. The molecule has 4 nitrogen and oxygen atoms in total. The van der Waals surface area contributed by atoms with Gasteiger partial charge in [-0.3, -0.25) is 9.59 Å². The van der Waals surface area contributed by atoms with E-state index in [-0.39, 0.29) is 23.7 Å². The molecule has 0 N–H and O–H groups in total. The van der Waals surface area contributed by atoms with Crippen LogP contribution in [0.4, 0.5) is 5.69 Å². The highest BCUT2D eigenvalue weighted by Gasteiger charge is 2.55. The van der Waals surface area contributed by atoms with Gasteiger partial charge in [-0.2, -0.15) is 0 Å². The molecule has 0 spiro atoms. The number of furan rings is 1. The number of hydrogen-bond donors (Lipinski definition) is 0. The van der Waals surface area contributed by atoms with Crippen LogP contribution in [0.2, 0.25) is 0 Å². The molecule has 1 aromatic heterocycles. The monoisotopic (exact) mass is 469 g/mol. The van der Waals surface area contributed by atoms with Crippen LogP contribution in [-0.4, -0.2) is 11.8 Å². The van der Waals surface area contributed by atoms with Gasteiger partial charge in [0.2, 0.25) is 11.8 Å². The molecular formula is C32H23NO3.